The zero-order chi connectivity index (χ0) is 20.4. The molecule has 0 unspecified atom stereocenters. The van der Waals surface area contributed by atoms with Gasteiger partial charge in [0.1, 0.15) is 5.75 Å². The Bertz CT molecular complexity index is 1180. The molecule has 146 valence electrons. The van der Waals surface area contributed by atoms with Gasteiger partial charge in [0.25, 0.3) is 5.91 Å². The van der Waals surface area contributed by atoms with Gasteiger partial charge in [-0.1, -0.05) is 12.1 Å². The number of aryl methyl sites for hydroxylation is 2. The molecule has 29 heavy (non-hydrogen) atoms. The maximum Gasteiger partial charge on any atom is 0.276 e. The fraction of sp³-hybridized carbons (Fsp3) is 0.174. The molecule has 6 nitrogen and oxygen atoms in total. The van der Waals surface area contributed by atoms with Gasteiger partial charge in [0.2, 0.25) is 0 Å². The van der Waals surface area contributed by atoms with E-state index in [0.717, 1.165) is 17.0 Å². The van der Waals surface area contributed by atoms with Gasteiger partial charge < -0.3 is 10.1 Å². The summed E-state index contributed by atoms with van der Waals surface area (Å²) >= 11 is 0. The summed E-state index contributed by atoms with van der Waals surface area (Å²) in [5, 5.41) is 7.37. The molecule has 0 saturated carbocycles. The Morgan fingerprint density at radius 2 is 1.83 bits per heavy atom. The number of hydrogen-bond acceptors (Lipinski definition) is 4. The van der Waals surface area contributed by atoms with Crippen LogP contribution >= 0.6 is 0 Å². The number of anilines is 1. The van der Waals surface area contributed by atoms with E-state index in [4.69, 9.17) is 4.74 Å². The van der Waals surface area contributed by atoms with E-state index in [1.54, 1.807) is 28.9 Å². The monoisotopic (exact) mass is 386 g/mol. The van der Waals surface area contributed by atoms with Crippen molar-refractivity contribution < 1.29 is 9.53 Å². The van der Waals surface area contributed by atoms with Gasteiger partial charge in [-0.3, -0.25) is 4.79 Å². The van der Waals surface area contributed by atoms with Crippen LogP contribution in [0.15, 0.2) is 60.8 Å². The molecule has 0 atom stereocenters. The Labute approximate surface area is 169 Å². The molecule has 0 aliphatic heterocycles. The van der Waals surface area contributed by atoms with Crippen molar-refractivity contribution in [2.75, 3.05) is 11.9 Å². The molecule has 2 aromatic carbocycles. The van der Waals surface area contributed by atoms with Gasteiger partial charge in [-0.15, -0.1) is 0 Å². The first kappa shape index (κ1) is 18.7. The second-order valence-electron chi connectivity index (χ2n) is 6.84. The van der Waals surface area contributed by atoms with Crippen LogP contribution in [0.25, 0.3) is 16.9 Å². The molecule has 0 saturated heterocycles. The molecule has 2 aromatic heterocycles. The fourth-order valence-corrected chi connectivity index (χ4v) is 3.12. The number of nitrogens with zero attached hydrogens (tertiary/aromatic N) is 3. The second-order valence-corrected chi connectivity index (χ2v) is 6.84. The molecular formula is C23H22N4O2. The number of hydrogen-bond donors (Lipinski definition) is 1. The minimum Gasteiger partial charge on any atom is -0.494 e. The molecule has 0 bridgehead atoms. The maximum absolute atomic E-state index is 12.7. The molecule has 2 heterocycles. The van der Waals surface area contributed by atoms with Crippen molar-refractivity contribution >= 4 is 17.2 Å². The Morgan fingerprint density at radius 1 is 1.03 bits per heavy atom. The molecular weight excluding hydrogens is 364 g/mol. The van der Waals surface area contributed by atoms with Gasteiger partial charge in [0.15, 0.2) is 11.3 Å². The minimum absolute atomic E-state index is 0.286. The second kappa shape index (κ2) is 7.75. The van der Waals surface area contributed by atoms with Crippen LogP contribution in [0.4, 0.5) is 5.69 Å². The summed E-state index contributed by atoms with van der Waals surface area (Å²) in [4.78, 5) is 17.0. The van der Waals surface area contributed by atoms with Crippen molar-refractivity contribution in [1.82, 2.24) is 14.6 Å². The van der Waals surface area contributed by atoms with Gasteiger partial charge in [0.05, 0.1) is 12.3 Å². The number of benzene rings is 2. The standard InChI is InChI=1S/C23H22N4O2/c1-4-29-19-9-7-18(8-10-19)25-23(28)20-14-22-24-12-11-21(27(22)26-20)17-6-5-15(2)16(3)13-17/h5-14H,4H2,1-3H3,(H,25,28). The summed E-state index contributed by atoms with van der Waals surface area (Å²) in [5.74, 6) is 0.478. The maximum atomic E-state index is 12.7. The lowest BCUT2D eigenvalue weighted by Gasteiger charge is -2.07. The van der Waals surface area contributed by atoms with Crippen LogP contribution < -0.4 is 10.1 Å². The average Bonchev–Trinajstić information content (AvgIpc) is 3.16. The van der Waals surface area contributed by atoms with Crippen molar-refractivity contribution in [3.05, 3.63) is 77.6 Å². The molecule has 0 spiro atoms. The third-order valence-electron chi connectivity index (χ3n) is 4.82. The third-order valence-corrected chi connectivity index (χ3v) is 4.82. The van der Waals surface area contributed by atoms with Crippen LogP contribution in [0, 0.1) is 13.8 Å². The highest BCUT2D eigenvalue weighted by Gasteiger charge is 2.14. The lowest BCUT2D eigenvalue weighted by molar-refractivity contribution is 0.102. The number of carbonyl (C=O) groups excluding carboxylic acids is 1. The first-order valence-corrected chi connectivity index (χ1v) is 9.52. The summed E-state index contributed by atoms with van der Waals surface area (Å²) in [6.07, 6.45) is 1.73. The predicted octanol–water partition coefficient (Wildman–Crippen LogP) is 4.66. The lowest BCUT2D eigenvalue weighted by Crippen LogP contribution is -2.12. The summed E-state index contributed by atoms with van der Waals surface area (Å²) in [6.45, 7) is 6.69. The van der Waals surface area contributed by atoms with Crippen LogP contribution in [0.1, 0.15) is 28.5 Å². The van der Waals surface area contributed by atoms with Crippen molar-refractivity contribution in [3.8, 4) is 17.0 Å². The van der Waals surface area contributed by atoms with Gasteiger partial charge in [-0.05, 0) is 68.3 Å². The van der Waals surface area contributed by atoms with Crippen molar-refractivity contribution in [2.45, 2.75) is 20.8 Å². The summed E-state index contributed by atoms with van der Waals surface area (Å²) in [6, 6.07) is 17.1. The number of amides is 1. The highest BCUT2D eigenvalue weighted by molar-refractivity contribution is 6.03. The number of fused-ring (bicyclic) bond motifs is 1. The number of nitrogens with one attached hydrogen (secondary N) is 1. The summed E-state index contributed by atoms with van der Waals surface area (Å²) < 4.78 is 7.13. The molecule has 1 amide bonds. The van der Waals surface area contributed by atoms with Crippen LogP contribution in [-0.2, 0) is 0 Å². The number of ether oxygens (including phenoxy) is 1. The highest BCUT2D eigenvalue weighted by Crippen LogP contribution is 2.23. The van der Waals surface area contributed by atoms with Gasteiger partial charge in [-0.25, -0.2) is 9.50 Å². The Kier molecular flexibility index (Phi) is 4.99. The van der Waals surface area contributed by atoms with Crippen LogP contribution in [0.2, 0.25) is 0 Å². The predicted molar refractivity (Wildman–Crippen MR) is 113 cm³/mol. The van der Waals surface area contributed by atoms with E-state index in [1.807, 2.05) is 25.1 Å². The van der Waals surface area contributed by atoms with E-state index >= 15 is 0 Å². The number of aromatic nitrogens is 3. The Morgan fingerprint density at radius 3 is 2.55 bits per heavy atom. The van der Waals surface area contributed by atoms with E-state index in [0.29, 0.717) is 23.6 Å². The molecule has 4 rings (SSSR count). The number of rotatable bonds is 5. The molecule has 0 fully saturated rings. The van der Waals surface area contributed by atoms with E-state index in [9.17, 15) is 4.79 Å². The Balaban J connectivity index is 1.63. The summed E-state index contributed by atoms with van der Waals surface area (Å²) in [5.41, 5.74) is 5.96. The van der Waals surface area contributed by atoms with E-state index in [1.165, 1.54) is 11.1 Å². The third kappa shape index (κ3) is 3.82. The summed E-state index contributed by atoms with van der Waals surface area (Å²) in [7, 11) is 0. The van der Waals surface area contributed by atoms with Crippen molar-refractivity contribution in [3.63, 3.8) is 0 Å². The zero-order valence-corrected chi connectivity index (χ0v) is 16.6. The topological polar surface area (TPSA) is 68.5 Å². The fourth-order valence-electron chi connectivity index (χ4n) is 3.12. The van der Waals surface area contributed by atoms with Crippen LogP contribution in [-0.4, -0.2) is 27.1 Å². The molecule has 0 radical (unpaired) electrons. The first-order valence-electron chi connectivity index (χ1n) is 9.52. The van der Waals surface area contributed by atoms with E-state index in [-0.39, 0.29) is 5.91 Å². The largest absolute Gasteiger partial charge is 0.494 e. The number of carbonyl (C=O) groups is 1. The lowest BCUT2D eigenvalue weighted by atomic mass is 10.0. The van der Waals surface area contributed by atoms with Gasteiger partial charge >= 0.3 is 0 Å². The van der Waals surface area contributed by atoms with Crippen LogP contribution in [0.3, 0.4) is 0 Å². The Hall–Kier alpha value is -3.67. The van der Waals surface area contributed by atoms with Gasteiger partial charge in [-0.2, -0.15) is 5.10 Å². The quantitative estimate of drug-likeness (QED) is 0.541. The molecule has 4 aromatic rings. The average molecular weight is 386 g/mol. The molecule has 6 heteroatoms. The van der Waals surface area contributed by atoms with Gasteiger partial charge in [0, 0.05) is 23.5 Å². The molecule has 0 aliphatic carbocycles. The minimum atomic E-state index is -0.286. The van der Waals surface area contributed by atoms with Crippen LogP contribution in [0.5, 0.6) is 5.75 Å². The van der Waals surface area contributed by atoms with Crippen molar-refractivity contribution in [1.29, 1.82) is 0 Å². The zero-order valence-electron chi connectivity index (χ0n) is 16.6. The SMILES string of the molecule is CCOc1ccc(NC(=O)c2cc3nccc(-c4ccc(C)c(C)c4)n3n2)cc1. The van der Waals surface area contributed by atoms with E-state index < -0.39 is 0 Å². The van der Waals surface area contributed by atoms with Crippen molar-refractivity contribution in [2.24, 2.45) is 0 Å². The first-order chi connectivity index (χ1) is 14.0. The molecule has 1 N–H and O–H groups in total. The molecule has 0 aliphatic rings. The normalized spacial score (nSPS) is 10.9. The smallest absolute Gasteiger partial charge is 0.276 e. The highest BCUT2D eigenvalue weighted by atomic mass is 16.5. The van der Waals surface area contributed by atoms with E-state index in [2.05, 4.69) is 47.4 Å².